The number of nitrogens with zero attached hydrogens (tertiary/aromatic N) is 7. The zero-order chi connectivity index (χ0) is 38.8. The van der Waals surface area contributed by atoms with E-state index in [0.717, 1.165) is 58.4 Å². The first kappa shape index (κ1) is 39.9. The van der Waals surface area contributed by atoms with Crippen LogP contribution in [0.3, 0.4) is 0 Å². The Balaban J connectivity index is 0.989. The van der Waals surface area contributed by atoms with E-state index in [9.17, 15) is 26.8 Å². The number of benzene rings is 1. The molecule has 1 spiro atoms. The van der Waals surface area contributed by atoms with Crippen molar-refractivity contribution >= 4 is 27.8 Å². The van der Waals surface area contributed by atoms with E-state index in [1.165, 1.54) is 28.8 Å². The molecule has 4 saturated heterocycles. The monoisotopic (exact) mass is 772 g/mol. The SMILES string of the molecule is C=C(F)C(=O)N[C@@H]1CCCN(S(=O)(=O)N2CCC(CN3CCC4(CC3)CN(c3ncncc3Oc3ccc(F)cc3C(=O)N(C(C)C)C(C)C)C4)CC2)C1. The Morgan fingerprint density at radius 1 is 1.02 bits per heavy atom. The number of amides is 2. The summed E-state index contributed by atoms with van der Waals surface area (Å²) < 4.78 is 63.8. The zero-order valence-electron chi connectivity index (χ0n) is 31.8. The maximum atomic E-state index is 14.4. The number of carbonyl (C=O) groups excluding carboxylic acids is 2. The van der Waals surface area contributed by atoms with Crippen molar-refractivity contribution in [1.82, 2.24) is 33.7 Å². The van der Waals surface area contributed by atoms with Gasteiger partial charge < -0.3 is 24.8 Å². The van der Waals surface area contributed by atoms with Crippen molar-refractivity contribution in [1.29, 1.82) is 0 Å². The summed E-state index contributed by atoms with van der Waals surface area (Å²) in [5.41, 5.74) is 0.308. The Morgan fingerprint density at radius 3 is 2.35 bits per heavy atom. The van der Waals surface area contributed by atoms with E-state index in [-0.39, 0.29) is 41.3 Å². The van der Waals surface area contributed by atoms with Gasteiger partial charge in [0, 0.05) is 69.4 Å². The van der Waals surface area contributed by atoms with Gasteiger partial charge in [0.15, 0.2) is 17.4 Å². The van der Waals surface area contributed by atoms with Gasteiger partial charge in [-0.05, 0) is 103 Å². The van der Waals surface area contributed by atoms with Crippen LogP contribution in [-0.4, -0.2) is 126 Å². The number of hydrogen-bond donors (Lipinski definition) is 1. The molecule has 13 nitrogen and oxygen atoms in total. The summed E-state index contributed by atoms with van der Waals surface area (Å²) in [6.45, 7) is 16.7. The number of carbonyl (C=O) groups is 2. The predicted octanol–water partition coefficient (Wildman–Crippen LogP) is 4.59. The topological polar surface area (TPSA) is 132 Å². The van der Waals surface area contributed by atoms with Gasteiger partial charge in [-0.25, -0.2) is 18.7 Å². The van der Waals surface area contributed by atoms with E-state index < -0.39 is 33.8 Å². The van der Waals surface area contributed by atoms with Crippen LogP contribution in [0.5, 0.6) is 11.5 Å². The van der Waals surface area contributed by atoms with Gasteiger partial charge in [-0.3, -0.25) is 9.59 Å². The molecule has 296 valence electrons. The Hall–Kier alpha value is -3.73. The molecule has 5 heterocycles. The van der Waals surface area contributed by atoms with E-state index in [1.54, 1.807) is 15.4 Å². The fourth-order valence-corrected chi connectivity index (χ4v) is 10.3. The van der Waals surface area contributed by atoms with Crippen molar-refractivity contribution in [3.05, 3.63) is 54.5 Å². The Labute approximate surface area is 317 Å². The lowest BCUT2D eigenvalue weighted by Gasteiger charge is -2.54. The molecule has 4 aliphatic heterocycles. The lowest BCUT2D eigenvalue weighted by molar-refractivity contribution is -0.119. The van der Waals surface area contributed by atoms with Crippen molar-refractivity contribution in [3.8, 4) is 11.5 Å². The highest BCUT2D eigenvalue weighted by Crippen LogP contribution is 2.45. The van der Waals surface area contributed by atoms with Gasteiger partial charge in [0.2, 0.25) is 0 Å². The van der Waals surface area contributed by atoms with Crippen molar-refractivity contribution < 1.29 is 31.5 Å². The molecule has 0 saturated carbocycles. The molecule has 1 N–H and O–H groups in total. The van der Waals surface area contributed by atoms with Crippen LogP contribution in [0.2, 0.25) is 0 Å². The number of nitrogens with one attached hydrogen (secondary N) is 1. The number of rotatable bonds is 12. The van der Waals surface area contributed by atoms with Gasteiger partial charge in [0.1, 0.15) is 17.9 Å². The number of halogens is 2. The molecule has 0 unspecified atom stereocenters. The molecule has 0 bridgehead atoms. The van der Waals surface area contributed by atoms with Crippen LogP contribution in [0, 0.1) is 17.2 Å². The Kier molecular flexibility index (Phi) is 12.2. The first-order valence-electron chi connectivity index (χ1n) is 19.1. The predicted molar refractivity (Wildman–Crippen MR) is 201 cm³/mol. The Morgan fingerprint density at radius 2 is 1.70 bits per heavy atom. The summed E-state index contributed by atoms with van der Waals surface area (Å²) >= 11 is 0. The summed E-state index contributed by atoms with van der Waals surface area (Å²) in [7, 11) is -3.68. The Bertz CT molecular complexity index is 1780. The van der Waals surface area contributed by atoms with Crippen LogP contribution in [0.15, 0.2) is 43.1 Å². The average molecular weight is 773 g/mol. The van der Waals surface area contributed by atoms with Crippen molar-refractivity contribution in [2.45, 2.75) is 84.3 Å². The summed E-state index contributed by atoms with van der Waals surface area (Å²) in [6.07, 6.45) is 7.91. The summed E-state index contributed by atoms with van der Waals surface area (Å²) in [4.78, 5) is 40.5. The summed E-state index contributed by atoms with van der Waals surface area (Å²) in [5.74, 6) is -1.08. The molecule has 4 fully saturated rings. The molecule has 1 atom stereocenters. The standard InChI is InChI=1S/C38H54F2N8O5S/c1-26(2)48(27(3)4)37(50)32-19-30(40)8-9-33(32)53-34-20-41-25-42-35(34)45-23-38(24-45)12-17-44(18-13-38)21-29-10-15-46(16-11-29)54(51,52)47-14-6-7-31(22-47)43-36(49)28(5)39/h8-9,19-20,25-27,29,31H,5-7,10-18,21-24H2,1-4H3,(H,43,49)/t31-/m1/s1. The highest BCUT2D eigenvalue weighted by Gasteiger charge is 2.46. The van der Waals surface area contributed by atoms with Crippen LogP contribution in [-0.2, 0) is 15.0 Å². The van der Waals surface area contributed by atoms with Gasteiger partial charge >= 0.3 is 0 Å². The van der Waals surface area contributed by atoms with Crippen molar-refractivity contribution in [2.24, 2.45) is 11.3 Å². The molecular formula is C38H54F2N8O5S. The fourth-order valence-electron chi connectivity index (χ4n) is 8.52. The summed E-state index contributed by atoms with van der Waals surface area (Å²) in [5, 5.41) is 2.55. The van der Waals surface area contributed by atoms with E-state index in [0.29, 0.717) is 50.0 Å². The second-order valence-electron chi connectivity index (χ2n) is 15.9. The van der Waals surface area contributed by atoms with Crippen molar-refractivity contribution in [3.63, 3.8) is 0 Å². The minimum atomic E-state index is -3.68. The number of hydrogen-bond acceptors (Lipinski definition) is 9. The quantitative estimate of drug-likeness (QED) is 0.308. The van der Waals surface area contributed by atoms with Gasteiger partial charge in [0.05, 0.1) is 11.8 Å². The minimum absolute atomic E-state index is 0.0836. The molecule has 6 rings (SSSR count). The molecule has 16 heteroatoms. The van der Waals surface area contributed by atoms with Gasteiger partial charge in [-0.2, -0.15) is 17.0 Å². The van der Waals surface area contributed by atoms with Gasteiger partial charge in [-0.1, -0.05) is 6.58 Å². The molecule has 0 radical (unpaired) electrons. The number of aromatic nitrogens is 2. The minimum Gasteiger partial charge on any atom is -0.451 e. The van der Waals surface area contributed by atoms with Crippen LogP contribution in [0.1, 0.15) is 76.6 Å². The van der Waals surface area contributed by atoms with Crippen LogP contribution < -0.4 is 15.0 Å². The number of anilines is 1. The molecule has 2 amide bonds. The summed E-state index contributed by atoms with van der Waals surface area (Å²) in [6, 6.07) is 3.38. The molecular weight excluding hydrogens is 719 g/mol. The van der Waals surface area contributed by atoms with Gasteiger partial charge in [-0.15, -0.1) is 0 Å². The molecule has 54 heavy (non-hydrogen) atoms. The van der Waals surface area contributed by atoms with Crippen LogP contribution in [0.4, 0.5) is 14.6 Å². The lowest BCUT2D eigenvalue weighted by atomic mass is 9.72. The largest absolute Gasteiger partial charge is 0.451 e. The maximum Gasteiger partial charge on any atom is 0.282 e. The van der Waals surface area contributed by atoms with Crippen molar-refractivity contribution in [2.75, 3.05) is 63.8 Å². The third kappa shape index (κ3) is 8.87. The third-order valence-corrected chi connectivity index (χ3v) is 13.4. The third-order valence-electron chi connectivity index (χ3n) is 11.4. The first-order valence-corrected chi connectivity index (χ1v) is 20.5. The van der Waals surface area contributed by atoms with Crippen LogP contribution in [0.25, 0.3) is 0 Å². The molecule has 0 aliphatic carbocycles. The smallest absolute Gasteiger partial charge is 0.282 e. The zero-order valence-corrected chi connectivity index (χ0v) is 32.7. The van der Waals surface area contributed by atoms with Crippen LogP contribution >= 0.6 is 0 Å². The lowest BCUT2D eigenvalue weighted by Crippen LogP contribution is -2.61. The molecule has 4 aliphatic rings. The second kappa shape index (κ2) is 16.6. The maximum absolute atomic E-state index is 14.4. The second-order valence-corrected chi connectivity index (χ2v) is 17.9. The fraction of sp³-hybridized carbons (Fsp3) is 0.632. The van der Waals surface area contributed by atoms with E-state index >= 15 is 0 Å². The molecule has 1 aromatic carbocycles. The highest BCUT2D eigenvalue weighted by molar-refractivity contribution is 7.86. The van der Waals surface area contributed by atoms with Gasteiger partial charge in [0.25, 0.3) is 22.0 Å². The van der Waals surface area contributed by atoms with E-state index in [1.807, 2.05) is 27.7 Å². The average Bonchev–Trinajstić information content (AvgIpc) is 3.12. The number of ether oxygens (including phenoxy) is 1. The first-order chi connectivity index (χ1) is 25.7. The van der Waals surface area contributed by atoms with E-state index in [2.05, 4.69) is 31.7 Å². The molecule has 1 aromatic heterocycles. The number of likely N-dealkylation sites (tertiary alicyclic amines) is 1. The normalized spacial score (nSPS) is 21.6. The highest BCUT2D eigenvalue weighted by atomic mass is 32.2. The van der Waals surface area contributed by atoms with E-state index in [4.69, 9.17) is 4.74 Å². The molecule has 2 aromatic rings. The number of piperidine rings is 3.